The van der Waals surface area contributed by atoms with Gasteiger partial charge in [0.25, 0.3) is 5.91 Å². The molecule has 0 aliphatic heterocycles. The largest absolute Gasteiger partial charge is 0.467 e. The highest BCUT2D eigenvalue weighted by Crippen LogP contribution is 2.31. The first-order valence-corrected chi connectivity index (χ1v) is 10.6. The van der Waals surface area contributed by atoms with Crippen LogP contribution < -0.4 is 10.2 Å². The van der Waals surface area contributed by atoms with Crippen LogP contribution in [0.5, 0.6) is 0 Å². The van der Waals surface area contributed by atoms with Crippen molar-refractivity contribution in [1.29, 1.82) is 0 Å². The van der Waals surface area contributed by atoms with Crippen molar-refractivity contribution in [2.75, 3.05) is 24.3 Å². The molecule has 2 aromatic carbocycles. The fraction of sp³-hybridized carbons (Fsp3) is 0.280. The molecule has 1 aliphatic rings. The maximum atomic E-state index is 13.4. The predicted octanol–water partition coefficient (Wildman–Crippen LogP) is 4.68. The number of carbonyl (C=O) groups excluding carboxylic acids is 2. The molecular formula is C25H26FN3O3. The van der Waals surface area contributed by atoms with Gasteiger partial charge in [-0.2, -0.15) is 0 Å². The summed E-state index contributed by atoms with van der Waals surface area (Å²) in [6, 6.07) is 14.8. The maximum absolute atomic E-state index is 13.4. The standard InChI is InChI=1S/C25H26FN3O3/c1-28(2)23-12-11-21(27-24(30)17-5-6-17)14-19(23)15-29(16-22-4-3-13-32-22)25(31)18-7-9-20(26)10-8-18/h3-4,7-14,17H,5-6,15-16H2,1-2H3,(H,27,30). The number of halogens is 1. The van der Waals surface area contributed by atoms with Gasteiger partial charge in [0.2, 0.25) is 5.91 Å². The summed E-state index contributed by atoms with van der Waals surface area (Å²) in [5.41, 5.74) is 2.91. The molecule has 0 atom stereocenters. The molecule has 2 amide bonds. The van der Waals surface area contributed by atoms with E-state index in [1.807, 2.05) is 43.3 Å². The molecule has 1 aliphatic carbocycles. The van der Waals surface area contributed by atoms with E-state index in [2.05, 4.69) is 5.32 Å². The first-order valence-electron chi connectivity index (χ1n) is 10.6. The van der Waals surface area contributed by atoms with Gasteiger partial charge in [0, 0.05) is 43.5 Å². The number of nitrogens with one attached hydrogen (secondary N) is 1. The van der Waals surface area contributed by atoms with E-state index in [4.69, 9.17) is 4.42 Å². The van der Waals surface area contributed by atoms with Gasteiger partial charge in [0.1, 0.15) is 11.6 Å². The summed E-state index contributed by atoms with van der Waals surface area (Å²) in [5, 5.41) is 2.98. The van der Waals surface area contributed by atoms with Gasteiger partial charge in [0.05, 0.1) is 12.8 Å². The van der Waals surface area contributed by atoms with Gasteiger partial charge in [-0.1, -0.05) is 0 Å². The third-order valence-corrected chi connectivity index (χ3v) is 5.44. The number of nitrogens with zero attached hydrogens (tertiary/aromatic N) is 2. The lowest BCUT2D eigenvalue weighted by atomic mass is 10.1. The highest BCUT2D eigenvalue weighted by atomic mass is 19.1. The molecule has 0 saturated heterocycles. The minimum atomic E-state index is -0.395. The van der Waals surface area contributed by atoms with Gasteiger partial charge in [-0.3, -0.25) is 9.59 Å². The topological polar surface area (TPSA) is 65.8 Å². The Morgan fingerprint density at radius 2 is 1.81 bits per heavy atom. The molecule has 7 heteroatoms. The molecule has 1 heterocycles. The fourth-order valence-corrected chi connectivity index (χ4v) is 3.59. The van der Waals surface area contributed by atoms with Gasteiger partial charge in [-0.25, -0.2) is 4.39 Å². The van der Waals surface area contributed by atoms with Crippen molar-refractivity contribution in [3.63, 3.8) is 0 Å². The Morgan fingerprint density at radius 3 is 2.44 bits per heavy atom. The van der Waals surface area contributed by atoms with Crippen LogP contribution in [0.2, 0.25) is 0 Å². The molecule has 4 rings (SSSR count). The Morgan fingerprint density at radius 1 is 1.06 bits per heavy atom. The molecule has 1 saturated carbocycles. The van der Waals surface area contributed by atoms with Crippen LogP contribution in [0.15, 0.2) is 65.3 Å². The Hall–Kier alpha value is -3.61. The molecular weight excluding hydrogens is 409 g/mol. The molecule has 1 aromatic heterocycles. The molecule has 1 N–H and O–H groups in total. The normalized spacial score (nSPS) is 13.0. The van der Waals surface area contributed by atoms with Crippen molar-refractivity contribution in [1.82, 2.24) is 4.90 Å². The van der Waals surface area contributed by atoms with Gasteiger partial charge in [-0.05, 0) is 73.0 Å². The van der Waals surface area contributed by atoms with E-state index in [0.717, 1.165) is 24.1 Å². The smallest absolute Gasteiger partial charge is 0.254 e. The second kappa shape index (κ2) is 9.26. The van der Waals surface area contributed by atoms with Crippen molar-refractivity contribution in [3.05, 3.63) is 83.6 Å². The quantitative estimate of drug-likeness (QED) is 0.558. The van der Waals surface area contributed by atoms with E-state index in [9.17, 15) is 14.0 Å². The number of hydrogen-bond donors (Lipinski definition) is 1. The van der Waals surface area contributed by atoms with Crippen LogP contribution in [0.4, 0.5) is 15.8 Å². The van der Waals surface area contributed by atoms with E-state index in [0.29, 0.717) is 17.0 Å². The van der Waals surface area contributed by atoms with E-state index in [1.165, 1.54) is 24.3 Å². The zero-order valence-corrected chi connectivity index (χ0v) is 18.2. The second-order valence-corrected chi connectivity index (χ2v) is 8.25. The van der Waals surface area contributed by atoms with Crippen LogP contribution >= 0.6 is 0 Å². The maximum Gasteiger partial charge on any atom is 0.254 e. The predicted molar refractivity (Wildman–Crippen MR) is 121 cm³/mol. The molecule has 6 nitrogen and oxygen atoms in total. The summed E-state index contributed by atoms with van der Waals surface area (Å²) >= 11 is 0. The van der Waals surface area contributed by atoms with Gasteiger partial charge < -0.3 is 19.5 Å². The fourth-order valence-electron chi connectivity index (χ4n) is 3.59. The number of anilines is 2. The Labute approximate surface area is 186 Å². The zero-order valence-electron chi connectivity index (χ0n) is 18.2. The van der Waals surface area contributed by atoms with Crippen LogP contribution in [0.1, 0.15) is 34.5 Å². The molecule has 3 aromatic rings. The van der Waals surface area contributed by atoms with Crippen molar-refractivity contribution in [2.45, 2.75) is 25.9 Å². The molecule has 1 fully saturated rings. The molecule has 0 radical (unpaired) electrons. The van der Waals surface area contributed by atoms with Crippen LogP contribution in [-0.4, -0.2) is 30.8 Å². The van der Waals surface area contributed by atoms with Crippen molar-refractivity contribution < 1.29 is 18.4 Å². The molecule has 166 valence electrons. The summed E-state index contributed by atoms with van der Waals surface area (Å²) < 4.78 is 18.8. The van der Waals surface area contributed by atoms with E-state index in [-0.39, 0.29) is 30.8 Å². The number of rotatable bonds is 8. The number of carbonyl (C=O) groups is 2. The summed E-state index contributed by atoms with van der Waals surface area (Å²) in [7, 11) is 3.86. The lowest BCUT2D eigenvalue weighted by molar-refractivity contribution is -0.117. The lowest BCUT2D eigenvalue weighted by Gasteiger charge is -2.26. The van der Waals surface area contributed by atoms with Crippen LogP contribution in [-0.2, 0) is 17.9 Å². The van der Waals surface area contributed by atoms with Crippen molar-refractivity contribution in [2.24, 2.45) is 5.92 Å². The minimum absolute atomic E-state index is 0.0309. The number of amides is 2. The monoisotopic (exact) mass is 435 g/mol. The zero-order chi connectivity index (χ0) is 22.7. The van der Waals surface area contributed by atoms with Crippen molar-refractivity contribution >= 4 is 23.2 Å². The Kier molecular flexibility index (Phi) is 6.25. The van der Waals surface area contributed by atoms with Crippen LogP contribution in [0.25, 0.3) is 0 Å². The van der Waals surface area contributed by atoms with Crippen LogP contribution in [0.3, 0.4) is 0 Å². The van der Waals surface area contributed by atoms with Gasteiger partial charge >= 0.3 is 0 Å². The minimum Gasteiger partial charge on any atom is -0.467 e. The number of benzene rings is 2. The summed E-state index contributed by atoms with van der Waals surface area (Å²) in [6.45, 7) is 0.548. The van der Waals surface area contributed by atoms with E-state index >= 15 is 0 Å². The average molecular weight is 435 g/mol. The molecule has 0 spiro atoms. The average Bonchev–Trinajstić information content (AvgIpc) is 3.50. The van der Waals surface area contributed by atoms with Gasteiger partial charge in [0.15, 0.2) is 0 Å². The summed E-state index contributed by atoms with van der Waals surface area (Å²) in [5.74, 6) is 0.141. The molecule has 32 heavy (non-hydrogen) atoms. The second-order valence-electron chi connectivity index (χ2n) is 8.25. The third-order valence-electron chi connectivity index (χ3n) is 5.44. The van der Waals surface area contributed by atoms with Crippen molar-refractivity contribution in [3.8, 4) is 0 Å². The first-order chi connectivity index (χ1) is 15.4. The highest BCUT2D eigenvalue weighted by molar-refractivity contribution is 5.95. The Balaban J connectivity index is 1.64. The lowest BCUT2D eigenvalue weighted by Crippen LogP contribution is -2.31. The molecule has 0 bridgehead atoms. The Bertz CT molecular complexity index is 1090. The van der Waals surface area contributed by atoms with Gasteiger partial charge in [-0.15, -0.1) is 0 Å². The van der Waals surface area contributed by atoms with E-state index in [1.54, 1.807) is 17.2 Å². The number of furan rings is 1. The summed E-state index contributed by atoms with van der Waals surface area (Å²) in [4.78, 5) is 29.2. The third kappa shape index (κ3) is 5.17. The summed E-state index contributed by atoms with van der Waals surface area (Å²) in [6.07, 6.45) is 3.42. The number of hydrogen-bond acceptors (Lipinski definition) is 4. The molecule has 0 unspecified atom stereocenters. The van der Waals surface area contributed by atoms with E-state index < -0.39 is 5.82 Å². The first kappa shape index (κ1) is 21.6. The SMILES string of the molecule is CN(C)c1ccc(NC(=O)C2CC2)cc1CN(Cc1ccco1)C(=O)c1ccc(F)cc1. The van der Waals surface area contributed by atoms with Crippen LogP contribution in [0, 0.1) is 11.7 Å². The highest BCUT2D eigenvalue weighted by Gasteiger charge is 2.29.